The van der Waals surface area contributed by atoms with Gasteiger partial charge >= 0.3 is 0 Å². The lowest BCUT2D eigenvalue weighted by molar-refractivity contribution is 1.04. The molecule has 4 aromatic rings. The van der Waals surface area contributed by atoms with E-state index in [1.807, 2.05) is 0 Å². The molecule has 33 heavy (non-hydrogen) atoms. The SMILES string of the molecule is Cc1cc(C)c(NC(c2c(C)cc(C)cc2C)P(c2ccccc2)c2ccccc2)c(C)c1. The van der Waals surface area contributed by atoms with Gasteiger partial charge in [-0.05, 0) is 87.9 Å². The Bertz CT molecular complexity index is 1160. The van der Waals surface area contributed by atoms with Gasteiger partial charge in [-0.3, -0.25) is 0 Å². The van der Waals surface area contributed by atoms with Crippen LogP contribution in [0.4, 0.5) is 5.69 Å². The van der Waals surface area contributed by atoms with Gasteiger partial charge in [-0.1, -0.05) is 96.1 Å². The standard InChI is InChI=1S/C31H34NP/c1-21-17-23(3)29(24(4)18-21)31(32-30-25(5)19-22(2)20-26(30)6)33(27-13-9-7-10-14-27)28-15-11-8-12-16-28/h7-20,31-32H,1-6H3. The van der Waals surface area contributed by atoms with E-state index in [9.17, 15) is 0 Å². The molecule has 0 aliphatic heterocycles. The number of benzene rings is 4. The lowest BCUT2D eigenvalue weighted by Gasteiger charge is -2.34. The van der Waals surface area contributed by atoms with Gasteiger partial charge in [0.25, 0.3) is 0 Å². The fourth-order valence-corrected chi connectivity index (χ4v) is 7.86. The van der Waals surface area contributed by atoms with Gasteiger partial charge in [0.2, 0.25) is 0 Å². The predicted molar refractivity (Wildman–Crippen MR) is 147 cm³/mol. The number of anilines is 1. The monoisotopic (exact) mass is 451 g/mol. The van der Waals surface area contributed by atoms with Crippen LogP contribution in [-0.2, 0) is 0 Å². The summed E-state index contributed by atoms with van der Waals surface area (Å²) in [5.41, 5.74) is 10.6. The van der Waals surface area contributed by atoms with Crippen LogP contribution >= 0.6 is 7.92 Å². The molecule has 0 saturated heterocycles. The number of hydrogen-bond acceptors (Lipinski definition) is 1. The molecule has 4 aromatic carbocycles. The smallest absolute Gasteiger partial charge is 0.0798 e. The predicted octanol–water partition coefficient (Wildman–Crippen LogP) is 7.78. The molecule has 1 nitrogen and oxygen atoms in total. The summed E-state index contributed by atoms with van der Waals surface area (Å²) in [6.07, 6.45) is 0. The van der Waals surface area contributed by atoms with Gasteiger partial charge < -0.3 is 5.32 Å². The maximum atomic E-state index is 4.09. The Labute approximate surface area is 200 Å². The average Bonchev–Trinajstić information content (AvgIpc) is 2.77. The molecular formula is C31H34NP. The molecule has 168 valence electrons. The first-order valence-corrected chi connectivity index (χ1v) is 13.1. The third-order valence-corrected chi connectivity index (χ3v) is 8.91. The second-order valence-electron chi connectivity index (χ2n) is 9.17. The maximum Gasteiger partial charge on any atom is 0.0798 e. The van der Waals surface area contributed by atoms with Crippen molar-refractivity contribution in [2.24, 2.45) is 0 Å². The van der Waals surface area contributed by atoms with Gasteiger partial charge in [0.1, 0.15) is 0 Å². The quantitative estimate of drug-likeness (QED) is 0.295. The molecule has 2 heteroatoms. The summed E-state index contributed by atoms with van der Waals surface area (Å²) < 4.78 is 0. The van der Waals surface area contributed by atoms with E-state index in [-0.39, 0.29) is 5.78 Å². The second-order valence-corrected chi connectivity index (χ2v) is 11.5. The van der Waals surface area contributed by atoms with Crippen molar-refractivity contribution in [1.82, 2.24) is 0 Å². The molecule has 0 radical (unpaired) electrons. The van der Waals surface area contributed by atoms with Crippen LogP contribution in [0, 0.1) is 41.5 Å². The highest BCUT2D eigenvalue weighted by atomic mass is 31.1. The van der Waals surface area contributed by atoms with Crippen LogP contribution in [0.15, 0.2) is 84.9 Å². The molecule has 0 spiro atoms. The highest BCUT2D eigenvalue weighted by Crippen LogP contribution is 2.51. The fraction of sp³-hybridized carbons (Fsp3) is 0.226. The van der Waals surface area contributed by atoms with Crippen molar-refractivity contribution in [3.05, 3.63) is 124 Å². The van der Waals surface area contributed by atoms with E-state index in [1.54, 1.807) is 0 Å². The van der Waals surface area contributed by atoms with Crippen molar-refractivity contribution in [2.75, 3.05) is 5.32 Å². The number of rotatable bonds is 6. The number of aryl methyl sites for hydroxylation is 6. The molecule has 0 aromatic heterocycles. The lowest BCUT2D eigenvalue weighted by atomic mass is 9.98. The van der Waals surface area contributed by atoms with E-state index in [0.717, 1.165) is 0 Å². The van der Waals surface area contributed by atoms with E-state index in [4.69, 9.17) is 0 Å². The van der Waals surface area contributed by atoms with Crippen molar-refractivity contribution in [1.29, 1.82) is 0 Å². The van der Waals surface area contributed by atoms with Gasteiger partial charge in [0, 0.05) is 5.69 Å². The highest BCUT2D eigenvalue weighted by molar-refractivity contribution is 7.73. The fourth-order valence-electron chi connectivity index (χ4n) is 5.06. The summed E-state index contributed by atoms with van der Waals surface area (Å²) in [6.45, 7) is 13.3. The molecule has 1 N–H and O–H groups in total. The third kappa shape index (κ3) is 5.05. The molecule has 0 aliphatic carbocycles. The van der Waals surface area contributed by atoms with Crippen molar-refractivity contribution < 1.29 is 0 Å². The molecule has 0 aliphatic rings. The Balaban J connectivity index is 1.97. The van der Waals surface area contributed by atoms with Crippen LogP contribution < -0.4 is 15.9 Å². The Hall–Kier alpha value is -2.89. The van der Waals surface area contributed by atoms with E-state index in [2.05, 4.69) is 132 Å². The van der Waals surface area contributed by atoms with Gasteiger partial charge in [-0.15, -0.1) is 0 Å². The topological polar surface area (TPSA) is 12.0 Å². The Morgan fingerprint density at radius 2 is 0.939 bits per heavy atom. The summed E-state index contributed by atoms with van der Waals surface area (Å²) >= 11 is 0. The Morgan fingerprint density at radius 3 is 1.36 bits per heavy atom. The zero-order chi connectivity index (χ0) is 23.5. The highest BCUT2D eigenvalue weighted by Gasteiger charge is 2.29. The van der Waals surface area contributed by atoms with Crippen LogP contribution in [0.5, 0.6) is 0 Å². The molecule has 0 heterocycles. The normalized spacial score (nSPS) is 12.1. The van der Waals surface area contributed by atoms with Crippen LogP contribution in [0.2, 0.25) is 0 Å². The van der Waals surface area contributed by atoms with Crippen molar-refractivity contribution in [2.45, 2.75) is 47.3 Å². The third-order valence-electron chi connectivity index (χ3n) is 6.30. The van der Waals surface area contributed by atoms with Crippen LogP contribution in [-0.4, -0.2) is 0 Å². The van der Waals surface area contributed by atoms with Gasteiger partial charge in [-0.25, -0.2) is 0 Å². The minimum atomic E-state index is -0.700. The Kier molecular flexibility index (Phi) is 7.01. The van der Waals surface area contributed by atoms with E-state index in [1.165, 1.54) is 55.2 Å². The van der Waals surface area contributed by atoms with Gasteiger partial charge in [0.15, 0.2) is 0 Å². The van der Waals surface area contributed by atoms with Gasteiger partial charge in [-0.2, -0.15) is 0 Å². The van der Waals surface area contributed by atoms with Crippen LogP contribution in [0.25, 0.3) is 0 Å². The van der Waals surface area contributed by atoms with Crippen molar-refractivity contribution in [3.8, 4) is 0 Å². The summed E-state index contributed by atoms with van der Waals surface area (Å²) in [5, 5.41) is 6.86. The molecule has 0 saturated carbocycles. The molecule has 4 rings (SSSR count). The van der Waals surface area contributed by atoms with E-state index >= 15 is 0 Å². The largest absolute Gasteiger partial charge is 0.373 e. The molecule has 0 bridgehead atoms. The summed E-state index contributed by atoms with van der Waals surface area (Å²) in [4.78, 5) is 0. The van der Waals surface area contributed by atoms with E-state index in [0.29, 0.717) is 0 Å². The maximum absolute atomic E-state index is 4.09. The summed E-state index contributed by atoms with van der Waals surface area (Å²) in [5.74, 6) is 0.158. The van der Waals surface area contributed by atoms with Crippen LogP contribution in [0.3, 0.4) is 0 Å². The number of hydrogen-bond donors (Lipinski definition) is 1. The summed E-state index contributed by atoms with van der Waals surface area (Å²) in [6, 6.07) is 31.3. The minimum Gasteiger partial charge on any atom is -0.373 e. The molecule has 1 atom stereocenters. The first kappa shape index (κ1) is 23.3. The van der Waals surface area contributed by atoms with E-state index < -0.39 is 7.92 Å². The van der Waals surface area contributed by atoms with Crippen molar-refractivity contribution in [3.63, 3.8) is 0 Å². The molecular weight excluding hydrogens is 417 g/mol. The zero-order valence-electron chi connectivity index (χ0n) is 20.6. The van der Waals surface area contributed by atoms with Crippen molar-refractivity contribution >= 4 is 24.2 Å². The molecule has 0 fully saturated rings. The van der Waals surface area contributed by atoms with Crippen LogP contribution in [0.1, 0.15) is 44.7 Å². The zero-order valence-corrected chi connectivity index (χ0v) is 21.5. The first-order chi connectivity index (χ1) is 15.8. The minimum absolute atomic E-state index is 0.158. The molecule has 1 unspecified atom stereocenters. The lowest BCUT2D eigenvalue weighted by Crippen LogP contribution is -2.24. The number of nitrogens with one attached hydrogen (secondary N) is 1. The first-order valence-electron chi connectivity index (χ1n) is 11.7. The second kappa shape index (κ2) is 9.94. The average molecular weight is 452 g/mol. The van der Waals surface area contributed by atoms with Gasteiger partial charge in [0.05, 0.1) is 5.78 Å². The summed E-state index contributed by atoms with van der Waals surface area (Å²) in [7, 11) is -0.700. The molecule has 0 amide bonds. The Morgan fingerprint density at radius 1 is 0.545 bits per heavy atom.